The maximum absolute atomic E-state index is 6.45. The average molecular weight is 302 g/mol. The summed E-state index contributed by atoms with van der Waals surface area (Å²) in [4.78, 5) is 7.09. The number of rotatable bonds is 2. The van der Waals surface area contributed by atoms with Crippen LogP contribution in [0.1, 0.15) is 18.4 Å². The molecule has 4 rings (SSSR count). The molecule has 2 aliphatic rings. The molecule has 1 atom stereocenters. The highest BCUT2D eigenvalue weighted by Gasteiger charge is 2.40. The summed E-state index contributed by atoms with van der Waals surface area (Å²) in [5.74, 6) is 0. The lowest BCUT2D eigenvalue weighted by Gasteiger charge is -2.23. The van der Waals surface area contributed by atoms with Crippen molar-refractivity contribution in [2.24, 2.45) is 5.41 Å². The minimum Gasteiger partial charge on any atom is -0.316 e. The van der Waals surface area contributed by atoms with Gasteiger partial charge in [-0.2, -0.15) is 0 Å². The molecule has 1 N–H and O–H groups in total. The third kappa shape index (κ3) is 2.44. The van der Waals surface area contributed by atoms with E-state index in [0.29, 0.717) is 5.41 Å². The Bertz CT molecular complexity index is 664. The van der Waals surface area contributed by atoms with E-state index in [9.17, 15) is 0 Å². The fraction of sp³-hybridized carbons (Fsp3) is 0.471. The molecule has 2 aliphatic heterocycles. The lowest BCUT2D eigenvalue weighted by molar-refractivity contribution is 0.269. The molecule has 3 heterocycles. The third-order valence-corrected chi connectivity index (χ3v) is 5.41. The van der Waals surface area contributed by atoms with Gasteiger partial charge in [-0.3, -0.25) is 9.88 Å². The summed E-state index contributed by atoms with van der Waals surface area (Å²) < 4.78 is 0. The first-order valence-corrected chi connectivity index (χ1v) is 8.09. The second-order valence-electron chi connectivity index (χ2n) is 6.49. The Balaban J connectivity index is 1.61. The summed E-state index contributed by atoms with van der Waals surface area (Å²) in [5.41, 5.74) is 2.73. The van der Waals surface area contributed by atoms with Gasteiger partial charge in [0.05, 0.1) is 5.52 Å². The standard InChI is InChI=1S/C17H20ClN3/c18-15-4-3-13-2-1-7-20-16(13)14(15)10-21-9-6-17(12-21)5-8-19-11-17/h1-4,7,19H,5-6,8-12H2. The average Bonchev–Trinajstić information content (AvgIpc) is 3.13. The normalized spacial score (nSPS) is 26.1. The number of pyridine rings is 1. The van der Waals surface area contributed by atoms with Crippen LogP contribution in [0.2, 0.25) is 5.02 Å². The quantitative estimate of drug-likeness (QED) is 0.924. The minimum absolute atomic E-state index is 0.504. The van der Waals surface area contributed by atoms with Crippen LogP contribution < -0.4 is 5.32 Å². The zero-order chi connectivity index (χ0) is 14.3. The van der Waals surface area contributed by atoms with Gasteiger partial charge >= 0.3 is 0 Å². The van der Waals surface area contributed by atoms with Crippen LogP contribution in [0.15, 0.2) is 30.5 Å². The Labute approximate surface area is 130 Å². The van der Waals surface area contributed by atoms with Crippen molar-refractivity contribution in [3.8, 4) is 0 Å². The van der Waals surface area contributed by atoms with Gasteiger partial charge in [-0.25, -0.2) is 0 Å². The van der Waals surface area contributed by atoms with Crippen LogP contribution >= 0.6 is 11.6 Å². The Morgan fingerprint density at radius 3 is 3.10 bits per heavy atom. The summed E-state index contributed by atoms with van der Waals surface area (Å²) in [6.45, 7) is 5.60. The molecule has 2 aromatic rings. The number of benzene rings is 1. The van der Waals surface area contributed by atoms with Gasteiger partial charge in [-0.05, 0) is 43.5 Å². The van der Waals surface area contributed by atoms with Crippen molar-refractivity contribution in [2.75, 3.05) is 26.2 Å². The lowest BCUT2D eigenvalue weighted by atomic mass is 9.86. The highest BCUT2D eigenvalue weighted by atomic mass is 35.5. The first kappa shape index (κ1) is 13.5. The van der Waals surface area contributed by atoms with Crippen LogP contribution in [0.25, 0.3) is 10.9 Å². The number of fused-ring (bicyclic) bond motifs is 1. The summed E-state index contributed by atoms with van der Waals surface area (Å²) >= 11 is 6.45. The van der Waals surface area contributed by atoms with Gasteiger partial charge < -0.3 is 5.32 Å². The number of aromatic nitrogens is 1. The second kappa shape index (κ2) is 5.24. The molecule has 21 heavy (non-hydrogen) atoms. The summed E-state index contributed by atoms with van der Waals surface area (Å²) in [6, 6.07) is 8.15. The summed E-state index contributed by atoms with van der Waals surface area (Å²) in [5, 5.41) is 5.53. The molecule has 0 bridgehead atoms. The fourth-order valence-electron chi connectivity index (χ4n) is 3.86. The van der Waals surface area contributed by atoms with E-state index in [1.807, 2.05) is 18.3 Å². The Hall–Kier alpha value is -1.16. The molecule has 2 fully saturated rings. The highest BCUT2D eigenvalue weighted by molar-refractivity contribution is 6.32. The van der Waals surface area contributed by atoms with E-state index >= 15 is 0 Å². The molecule has 0 radical (unpaired) electrons. The predicted molar refractivity (Wildman–Crippen MR) is 86.6 cm³/mol. The molecule has 4 heteroatoms. The van der Waals surface area contributed by atoms with Gasteiger partial charge in [0.2, 0.25) is 0 Å². The smallest absolute Gasteiger partial charge is 0.0761 e. The second-order valence-corrected chi connectivity index (χ2v) is 6.90. The minimum atomic E-state index is 0.504. The van der Waals surface area contributed by atoms with E-state index in [4.69, 9.17) is 11.6 Å². The van der Waals surface area contributed by atoms with Crippen molar-refractivity contribution in [1.29, 1.82) is 0 Å². The maximum Gasteiger partial charge on any atom is 0.0761 e. The number of hydrogen-bond donors (Lipinski definition) is 1. The van der Waals surface area contributed by atoms with E-state index < -0.39 is 0 Å². The van der Waals surface area contributed by atoms with Crippen LogP contribution in [0, 0.1) is 5.41 Å². The zero-order valence-corrected chi connectivity index (χ0v) is 12.9. The Morgan fingerprint density at radius 1 is 1.29 bits per heavy atom. The van der Waals surface area contributed by atoms with E-state index in [2.05, 4.69) is 27.3 Å². The molecule has 3 nitrogen and oxygen atoms in total. The van der Waals surface area contributed by atoms with Crippen LogP contribution in [0.4, 0.5) is 0 Å². The van der Waals surface area contributed by atoms with Crippen molar-refractivity contribution in [3.63, 3.8) is 0 Å². The zero-order valence-electron chi connectivity index (χ0n) is 12.1. The fourth-order valence-corrected chi connectivity index (χ4v) is 4.07. The molecule has 1 aromatic heterocycles. The maximum atomic E-state index is 6.45. The highest BCUT2D eigenvalue weighted by Crippen LogP contribution is 2.37. The SMILES string of the molecule is Clc1ccc2cccnc2c1CN1CCC2(CCNC2)C1. The van der Waals surface area contributed by atoms with Gasteiger partial charge in [0, 0.05) is 41.8 Å². The first-order valence-electron chi connectivity index (χ1n) is 7.71. The van der Waals surface area contributed by atoms with Gasteiger partial charge in [0.15, 0.2) is 0 Å². The van der Waals surface area contributed by atoms with Crippen molar-refractivity contribution in [3.05, 3.63) is 41.0 Å². The van der Waals surface area contributed by atoms with Crippen LogP contribution in [-0.4, -0.2) is 36.1 Å². The summed E-state index contributed by atoms with van der Waals surface area (Å²) in [6.07, 6.45) is 4.47. The predicted octanol–water partition coefficient (Wildman–Crippen LogP) is 3.07. The molecule has 0 amide bonds. The largest absolute Gasteiger partial charge is 0.316 e. The van der Waals surface area contributed by atoms with Crippen molar-refractivity contribution >= 4 is 22.5 Å². The molecule has 1 spiro atoms. The third-order valence-electron chi connectivity index (χ3n) is 5.05. The number of hydrogen-bond acceptors (Lipinski definition) is 3. The van der Waals surface area contributed by atoms with E-state index in [0.717, 1.165) is 17.1 Å². The molecular formula is C17H20ClN3. The topological polar surface area (TPSA) is 28.2 Å². The number of nitrogens with one attached hydrogen (secondary N) is 1. The van der Waals surface area contributed by atoms with E-state index in [1.165, 1.54) is 50.0 Å². The number of nitrogens with zero attached hydrogens (tertiary/aromatic N) is 2. The van der Waals surface area contributed by atoms with Crippen molar-refractivity contribution in [1.82, 2.24) is 15.2 Å². The molecule has 110 valence electrons. The molecule has 1 unspecified atom stereocenters. The lowest BCUT2D eigenvalue weighted by Crippen LogP contribution is -2.29. The van der Waals surface area contributed by atoms with Crippen LogP contribution in [0.3, 0.4) is 0 Å². The van der Waals surface area contributed by atoms with Gasteiger partial charge in [0.25, 0.3) is 0 Å². The van der Waals surface area contributed by atoms with Crippen LogP contribution in [-0.2, 0) is 6.54 Å². The molecule has 1 aromatic carbocycles. The first-order chi connectivity index (χ1) is 10.3. The molecule has 2 saturated heterocycles. The summed E-state index contributed by atoms with van der Waals surface area (Å²) in [7, 11) is 0. The Morgan fingerprint density at radius 2 is 2.24 bits per heavy atom. The van der Waals surface area contributed by atoms with E-state index in [1.54, 1.807) is 0 Å². The number of halogens is 1. The number of likely N-dealkylation sites (tertiary alicyclic amines) is 1. The monoisotopic (exact) mass is 301 g/mol. The van der Waals surface area contributed by atoms with E-state index in [-0.39, 0.29) is 0 Å². The van der Waals surface area contributed by atoms with Gasteiger partial charge in [-0.1, -0.05) is 23.7 Å². The van der Waals surface area contributed by atoms with Crippen LogP contribution in [0.5, 0.6) is 0 Å². The van der Waals surface area contributed by atoms with Gasteiger partial charge in [-0.15, -0.1) is 0 Å². The molecule has 0 aliphatic carbocycles. The van der Waals surface area contributed by atoms with Crippen molar-refractivity contribution < 1.29 is 0 Å². The van der Waals surface area contributed by atoms with Crippen molar-refractivity contribution in [2.45, 2.75) is 19.4 Å². The van der Waals surface area contributed by atoms with Gasteiger partial charge in [0.1, 0.15) is 0 Å². The molecule has 0 saturated carbocycles. The Kier molecular flexibility index (Phi) is 3.37. The molecular weight excluding hydrogens is 282 g/mol.